The lowest BCUT2D eigenvalue weighted by atomic mass is 9.68. The number of amides is 1. The lowest BCUT2D eigenvalue weighted by molar-refractivity contribution is -0.384. The van der Waals surface area contributed by atoms with E-state index in [1.807, 2.05) is 13.1 Å². The molecule has 2 heterocycles. The summed E-state index contributed by atoms with van der Waals surface area (Å²) < 4.78 is 32.7. The van der Waals surface area contributed by atoms with Crippen LogP contribution in [0.15, 0.2) is 112 Å². The van der Waals surface area contributed by atoms with E-state index in [9.17, 15) is 27.9 Å². The topological polar surface area (TPSA) is 133 Å². The van der Waals surface area contributed by atoms with E-state index in [1.165, 1.54) is 58.3 Å². The van der Waals surface area contributed by atoms with Gasteiger partial charge in [-0.05, 0) is 94.3 Å². The van der Waals surface area contributed by atoms with Gasteiger partial charge in [0.15, 0.2) is 0 Å². The summed E-state index contributed by atoms with van der Waals surface area (Å²) >= 11 is 0. The number of anilines is 2. The molecular weight excluding hydrogens is 665 g/mol. The minimum absolute atomic E-state index is 0.00914. The first-order chi connectivity index (χ1) is 24.0. The highest BCUT2D eigenvalue weighted by molar-refractivity contribution is 7.85. The summed E-state index contributed by atoms with van der Waals surface area (Å²) in [5, 5.41) is 19.6. The zero-order valence-corrected chi connectivity index (χ0v) is 30.7. The largest absolute Gasteiger partial charge is 0.347 e. The number of hydrazone groups is 1. The third-order valence-corrected chi connectivity index (χ3v) is 11.6. The Morgan fingerprint density at radius 2 is 1.65 bits per heavy atom. The molecule has 1 N–H and O–H groups in total. The first kappa shape index (κ1) is 35.7. The molecule has 0 aromatic heterocycles. The number of fused-ring (bicyclic) bond motifs is 3. The van der Waals surface area contributed by atoms with Gasteiger partial charge < -0.3 is 4.90 Å². The predicted molar refractivity (Wildman–Crippen MR) is 202 cm³/mol. The second kappa shape index (κ2) is 12.9. The number of likely N-dealkylation sites (N-methyl/N-ethyl adjacent to an activating group) is 1. The second-order valence-corrected chi connectivity index (χ2v) is 15.8. The van der Waals surface area contributed by atoms with E-state index < -0.39 is 26.4 Å². The van der Waals surface area contributed by atoms with E-state index in [4.69, 9.17) is 0 Å². The monoisotopic (exact) mass is 706 g/mol. The standard InChI is InChI=1S/C40H42N4O6S/c1-8-24-40(6,25(2)3)33-11-9-10-31-30(33)20-22-34-36(31)39(4,5)35(42(34)7)23-21-32-37(26-12-14-28(15-13-26)44(46)47)41-43(38(32)45)27-16-18-29(19-17-27)51(48,49)50/h9-23,25H,8,24H2,1-7H3,(H,48,49,50)/b32-21-,35-23+/t40-/m1/s1. The summed E-state index contributed by atoms with van der Waals surface area (Å²) in [6.07, 6.45) is 5.84. The maximum atomic E-state index is 14.1. The Morgan fingerprint density at radius 3 is 2.24 bits per heavy atom. The molecule has 0 saturated heterocycles. The molecule has 0 aliphatic carbocycles. The molecule has 0 fully saturated rings. The van der Waals surface area contributed by atoms with E-state index in [0.29, 0.717) is 17.2 Å². The number of hydrogen-bond donors (Lipinski definition) is 1. The van der Waals surface area contributed by atoms with E-state index in [1.54, 1.807) is 18.2 Å². The van der Waals surface area contributed by atoms with Crippen LogP contribution < -0.4 is 9.91 Å². The zero-order chi connectivity index (χ0) is 37.0. The SMILES string of the molecule is CCC[C@@](C)(c1cccc2c3c(ccc12)N(C)/C(=C/C=C1\C(=O)N(c2ccc(S(=O)(=O)O)cc2)N=C1c1ccc([N+](=O)[O-])cc1)C3(C)C)C(C)C. The lowest BCUT2D eigenvalue weighted by Gasteiger charge is -2.36. The Hall–Kier alpha value is -5.13. The van der Waals surface area contributed by atoms with Crippen LogP contribution in [0.3, 0.4) is 0 Å². The average Bonchev–Trinajstić information content (AvgIpc) is 3.51. The van der Waals surface area contributed by atoms with E-state index in [-0.39, 0.29) is 27.3 Å². The number of carbonyl (C=O) groups excluding carboxylic acids is 1. The summed E-state index contributed by atoms with van der Waals surface area (Å²) in [5.74, 6) is -0.0142. The molecule has 0 unspecified atom stereocenters. The molecule has 0 spiro atoms. The van der Waals surface area contributed by atoms with Gasteiger partial charge in [-0.15, -0.1) is 0 Å². The van der Waals surface area contributed by atoms with Crippen LogP contribution in [0, 0.1) is 16.0 Å². The molecule has 0 bridgehead atoms. The maximum absolute atomic E-state index is 14.1. The number of nitrogens with zero attached hydrogens (tertiary/aromatic N) is 4. The summed E-state index contributed by atoms with van der Waals surface area (Å²) in [5.41, 5.74) is 5.42. The minimum Gasteiger partial charge on any atom is -0.347 e. The molecule has 0 radical (unpaired) electrons. The number of nitro benzene ring substituents is 1. The molecule has 1 amide bonds. The number of rotatable bonds is 9. The smallest absolute Gasteiger partial charge is 0.294 e. The van der Waals surface area contributed by atoms with Crippen molar-refractivity contribution in [3.05, 3.63) is 129 Å². The average molecular weight is 707 g/mol. The summed E-state index contributed by atoms with van der Waals surface area (Å²) in [7, 11) is -2.42. The highest BCUT2D eigenvalue weighted by atomic mass is 32.2. The number of nitro groups is 1. The van der Waals surface area contributed by atoms with Crippen LogP contribution in [-0.2, 0) is 25.7 Å². The third kappa shape index (κ3) is 6.04. The third-order valence-electron chi connectivity index (χ3n) is 10.7. The van der Waals surface area contributed by atoms with Crippen LogP contribution in [0.1, 0.15) is 71.1 Å². The van der Waals surface area contributed by atoms with Gasteiger partial charge in [0.1, 0.15) is 5.71 Å². The van der Waals surface area contributed by atoms with Crippen molar-refractivity contribution in [2.24, 2.45) is 11.0 Å². The number of hydrogen-bond acceptors (Lipinski definition) is 7. The van der Waals surface area contributed by atoms with Crippen LogP contribution in [0.2, 0.25) is 0 Å². The van der Waals surface area contributed by atoms with Crippen molar-refractivity contribution in [1.29, 1.82) is 0 Å². The highest BCUT2D eigenvalue weighted by Crippen LogP contribution is 2.52. The fourth-order valence-corrected chi connectivity index (χ4v) is 8.13. The molecule has 4 aromatic rings. The van der Waals surface area contributed by atoms with Crippen molar-refractivity contribution in [2.75, 3.05) is 17.0 Å². The van der Waals surface area contributed by atoms with Crippen molar-refractivity contribution in [3.8, 4) is 0 Å². The Balaban J connectivity index is 1.46. The highest BCUT2D eigenvalue weighted by Gasteiger charge is 2.41. The van der Waals surface area contributed by atoms with E-state index >= 15 is 0 Å². The van der Waals surface area contributed by atoms with Gasteiger partial charge >= 0.3 is 0 Å². The number of benzene rings is 4. The maximum Gasteiger partial charge on any atom is 0.294 e. The van der Waals surface area contributed by atoms with Gasteiger partial charge in [-0.25, -0.2) is 0 Å². The van der Waals surface area contributed by atoms with Gasteiger partial charge in [0.2, 0.25) is 0 Å². The quantitative estimate of drug-likeness (QED) is 0.0797. The van der Waals surface area contributed by atoms with Gasteiger partial charge in [0.25, 0.3) is 21.7 Å². The summed E-state index contributed by atoms with van der Waals surface area (Å²) in [6.45, 7) is 13.6. The molecular formula is C40H42N4O6S. The molecule has 51 heavy (non-hydrogen) atoms. The molecule has 11 heteroatoms. The summed E-state index contributed by atoms with van der Waals surface area (Å²) in [4.78, 5) is 26.7. The molecule has 4 aromatic carbocycles. The molecule has 2 aliphatic heterocycles. The van der Waals surface area contributed by atoms with Gasteiger partial charge in [0, 0.05) is 41.5 Å². The van der Waals surface area contributed by atoms with E-state index in [0.717, 1.165) is 29.2 Å². The second-order valence-electron chi connectivity index (χ2n) is 14.3. The van der Waals surface area contributed by atoms with Crippen LogP contribution in [0.5, 0.6) is 0 Å². The number of allylic oxidation sites excluding steroid dienone is 3. The van der Waals surface area contributed by atoms with Gasteiger partial charge in [-0.3, -0.25) is 19.5 Å². The molecule has 0 saturated carbocycles. The Bertz CT molecular complexity index is 2270. The Labute approximate surface area is 298 Å². The predicted octanol–water partition coefficient (Wildman–Crippen LogP) is 8.70. The van der Waals surface area contributed by atoms with E-state index in [2.05, 4.69) is 81.9 Å². The normalized spacial score (nSPS) is 18.5. The number of carbonyl (C=O) groups is 1. The molecule has 2 aliphatic rings. The van der Waals surface area contributed by atoms with Crippen molar-refractivity contribution in [1.82, 2.24) is 0 Å². The molecule has 1 atom stereocenters. The van der Waals surface area contributed by atoms with Crippen LogP contribution >= 0.6 is 0 Å². The zero-order valence-electron chi connectivity index (χ0n) is 29.8. The first-order valence-electron chi connectivity index (χ1n) is 17.0. The van der Waals surface area contributed by atoms with Gasteiger partial charge in [0.05, 0.1) is 21.1 Å². The Kier molecular flexibility index (Phi) is 9.02. The number of non-ortho nitro benzene ring substituents is 1. The van der Waals surface area contributed by atoms with Crippen molar-refractivity contribution in [3.63, 3.8) is 0 Å². The fourth-order valence-electron chi connectivity index (χ4n) is 7.65. The first-order valence-corrected chi connectivity index (χ1v) is 18.4. The van der Waals surface area contributed by atoms with Crippen LogP contribution in [-0.4, -0.2) is 36.6 Å². The minimum atomic E-state index is -4.44. The fraction of sp³-hybridized carbons (Fsp3) is 0.300. The van der Waals surface area contributed by atoms with Gasteiger partial charge in [-0.2, -0.15) is 18.5 Å². The van der Waals surface area contributed by atoms with Crippen molar-refractivity contribution < 1.29 is 22.7 Å². The lowest BCUT2D eigenvalue weighted by Crippen LogP contribution is -2.29. The van der Waals surface area contributed by atoms with Gasteiger partial charge in [-0.1, -0.05) is 72.2 Å². The Morgan fingerprint density at radius 1 is 0.980 bits per heavy atom. The van der Waals surface area contributed by atoms with Crippen molar-refractivity contribution in [2.45, 2.75) is 70.1 Å². The van der Waals surface area contributed by atoms with Crippen molar-refractivity contribution >= 4 is 49.6 Å². The molecule has 264 valence electrons. The van der Waals surface area contributed by atoms with Crippen LogP contribution in [0.4, 0.5) is 17.1 Å². The van der Waals surface area contributed by atoms with Crippen LogP contribution in [0.25, 0.3) is 10.8 Å². The molecule has 6 rings (SSSR count). The molecule has 10 nitrogen and oxygen atoms in total. The summed E-state index contributed by atoms with van der Waals surface area (Å²) in [6, 6.07) is 22.0.